The molecule has 2 aliphatic heterocycles. The normalized spacial score (nSPS) is 23.8. The highest BCUT2D eigenvalue weighted by Crippen LogP contribution is 2.44. The van der Waals surface area contributed by atoms with Crippen LogP contribution in [0.15, 0.2) is 29.3 Å². The molecule has 0 spiro atoms. The van der Waals surface area contributed by atoms with Crippen LogP contribution < -0.4 is 4.90 Å². The number of aliphatic hydroxyl groups excluding tert-OH is 1. The first kappa shape index (κ1) is 19.6. The van der Waals surface area contributed by atoms with E-state index >= 15 is 0 Å². The first-order valence-corrected chi connectivity index (χ1v) is 12.4. The molecule has 2 aromatic rings. The molecule has 29 heavy (non-hydrogen) atoms. The highest BCUT2D eigenvalue weighted by Gasteiger charge is 2.40. The van der Waals surface area contributed by atoms with E-state index < -0.39 is 10.8 Å². The lowest BCUT2D eigenvalue weighted by Gasteiger charge is -2.42. The highest BCUT2D eigenvalue weighted by molar-refractivity contribution is 7.85. The van der Waals surface area contributed by atoms with Crippen LogP contribution in [0.4, 0.5) is 5.95 Å². The van der Waals surface area contributed by atoms with Gasteiger partial charge in [-0.2, -0.15) is 0 Å². The van der Waals surface area contributed by atoms with Crippen molar-refractivity contribution >= 4 is 28.3 Å². The van der Waals surface area contributed by atoms with Crippen molar-refractivity contribution in [2.24, 2.45) is 5.41 Å². The SMILES string of the molecule is O=[S@]1CCc2nc(N3CCC(c4ccc(Cl)cc4)CC3)n(CC3(CO)CCC3)c21. The molecule has 1 saturated carbocycles. The standard InChI is InChI=1S/C22H28ClN3O2S/c23-18-4-2-16(3-5-18)17-6-11-25(12-7-17)21-24-19-8-13-29(28)20(19)26(21)14-22(15-27)9-1-10-22/h2-5,17,27H,1,6-15H2/t29-/m0/s1. The van der Waals surface area contributed by atoms with Crippen molar-refractivity contribution < 1.29 is 9.32 Å². The van der Waals surface area contributed by atoms with Gasteiger partial charge < -0.3 is 14.6 Å². The Kier molecular flexibility index (Phi) is 5.21. The molecule has 0 bridgehead atoms. The van der Waals surface area contributed by atoms with Crippen molar-refractivity contribution in [2.45, 2.75) is 56.0 Å². The number of hydrogen-bond donors (Lipinski definition) is 1. The highest BCUT2D eigenvalue weighted by atomic mass is 35.5. The van der Waals surface area contributed by atoms with Crippen LogP contribution in [0.1, 0.15) is 49.3 Å². The largest absolute Gasteiger partial charge is 0.396 e. The summed E-state index contributed by atoms with van der Waals surface area (Å²) in [5, 5.41) is 11.7. The van der Waals surface area contributed by atoms with E-state index in [4.69, 9.17) is 16.6 Å². The summed E-state index contributed by atoms with van der Waals surface area (Å²) < 4.78 is 14.9. The van der Waals surface area contributed by atoms with Gasteiger partial charge in [0.05, 0.1) is 23.1 Å². The fourth-order valence-corrected chi connectivity index (χ4v) is 6.59. The molecule has 0 unspecified atom stereocenters. The predicted molar refractivity (Wildman–Crippen MR) is 116 cm³/mol. The van der Waals surface area contributed by atoms with Gasteiger partial charge in [0.1, 0.15) is 5.03 Å². The maximum atomic E-state index is 12.7. The molecule has 5 nitrogen and oxygen atoms in total. The first-order chi connectivity index (χ1) is 14.1. The number of aromatic nitrogens is 2. The van der Waals surface area contributed by atoms with Crippen molar-refractivity contribution in [3.05, 3.63) is 40.5 Å². The molecule has 1 aromatic carbocycles. The molecular formula is C22H28ClN3O2S. The summed E-state index contributed by atoms with van der Waals surface area (Å²) in [7, 11) is -0.967. The van der Waals surface area contributed by atoms with Gasteiger partial charge in [0.25, 0.3) is 0 Å². The van der Waals surface area contributed by atoms with E-state index in [1.54, 1.807) is 0 Å². The number of halogens is 1. The van der Waals surface area contributed by atoms with Gasteiger partial charge in [-0.25, -0.2) is 4.98 Å². The number of benzene rings is 1. The smallest absolute Gasteiger partial charge is 0.206 e. The molecule has 7 heteroatoms. The van der Waals surface area contributed by atoms with Crippen LogP contribution in [0.3, 0.4) is 0 Å². The topological polar surface area (TPSA) is 58.4 Å². The maximum absolute atomic E-state index is 12.7. The molecule has 1 atom stereocenters. The monoisotopic (exact) mass is 433 g/mol. The van der Waals surface area contributed by atoms with Gasteiger partial charge in [0, 0.05) is 42.2 Å². The van der Waals surface area contributed by atoms with E-state index in [0.717, 1.165) is 73.4 Å². The number of aliphatic hydroxyl groups is 1. The van der Waals surface area contributed by atoms with Crippen LogP contribution in [-0.4, -0.2) is 44.3 Å². The van der Waals surface area contributed by atoms with E-state index in [1.165, 1.54) is 12.0 Å². The molecule has 1 aliphatic carbocycles. The lowest BCUT2D eigenvalue weighted by Crippen LogP contribution is -2.40. The van der Waals surface area contributed by atoms with E-state index in [2.05, 4.69) is 21.6 Å². The molecule has 1 N–H and O–H groups in total. The Balaban J connectivity index is 1.38. The predicted octanol–water partition coefficient (Wildman–Crippen LogP) is 3.75. The molecule has 1 aromatic heterocycles. The van der Waals surface area contributed by atoms with Crippen molar-refractivity contribution in [1.82, 2.24) is 9.55 Å². The summed E-state index contributed by atoms with van der Waals surface area (Å²) in [4.78, 5) is 7.31. The summed E-state index contributed by atoms with van der Waals surface area (Å²) in [5.41, 5.74) is 2.30. The third kappa shape index (κ3) is 3.53. The summed E-state index contributed by atoms with van der Waals surface area (Å²) in [6.45, 7) is 2.83. The zero-order chi connectivity index (χ0) is 20.0. The van der Waals surface area contributed by atoms with Crippen LogP contribution in [0, 0.1) is 5.41 Å². The number of nitrogens with zero attached hydrogens (tertiary/aromatic N) is 3. The minimum atomic E-state index is -0.967. The number of anilines is 1. The van der Waals surface area contributed by atoms with Gasteiger partial charge in [-0.1, -0.05) is 30.2 Å². The second-order valence-corrected chi connectivity index (χ2v) is 10.8. The second-order valence-electron chi connectivity index (χ2n) is 8.87. The third-order valence-electron chi connectivity index (χ3n) is 7.07. The van der Waals surface area contributed by atoms with Crippen LogP contribution >= 0.6 is 11.6 Å². The summed E-state index contributed by atoms with van der Waals surface area (Å²) in [6, 6.07) is 8.23. The molecule has 3 heterocycles. The van der Waals surface area contributed by atoms with Crippen molar-refractivity contribution in [3.8, 4) is 0 Å². The molecule has 2 fully saturated rings. The zero-order valence-electron chi connectivity index (χ0n) is 16.6. The first-order valence-electron chi connectivity index (χ1n) is 10.7. The second kappa shape index (κ2) is 7.71. The van der Waals surface area contributed by atoms with Gasteiger partial charge in [-0.05, 0) is 49.3 Å². The van der Waals surface area contributed by atoms with Gasteiger partial charge in [0.2, 0.25) is 5.95 Å². The molecule has 0 amide bonds. The zero-order valence-corrected chi connectivity index (χ0v) is 18.2. The third-order valence-corrected chi connectivity index (χ3v) is 8.78. The van der Waals surface area contributed by atoms with Crippen LogP contribution in [0.25, 0.3) is 0 Å². The fourth-order valence-electron chi connectivity index (χ4n) is 5.09. The molecule has 3 aliphatic rings. The maximum Gasteiger partial charge on any atom is 0.206 e. The Labute approximate surface area is 179 Å². The number of imidazole rings is 1. The average molecular weight is 434 g/mol. The van der Waals surface area contributed by atoms with Gasteiger partial charge in [-0.15, -0.1) is 0 Å². The number of hydrogen-bond acceptors (Lipinski definition) is 4. The lowest BCUT2D eigenvalue weighted by molar-refractivity contribution is 0.0258. The van der Waals surface area contributed by atoms with E-state index in [1.807, 2.05) is 12.1 Å². The Hall–Kier alpha value is -1.37. The summed E-state index contributed by atoms with van der Waals surface area (Å²) >= 11 is 6.04. The molecule has 156 valence electrons. The Morgan fingerprint density at radius 1 is 1.21 bits per heavy atom. The van der Waals surface area contributed by atoms with Gasteiger partial charge in [-0.3, -0.25) is 4.21 Å². The Morgan fingerprint density at radius 3 is 2.55 bits per heavy atom. The Bertz CT molecular complexity index is 909. The van der Waals surface area contributed by atoms with Crippen molar-refractivity contribution in [3.63, 3.8) is 0 Å². The average Bonchev–Trinajstić information content (AvgIpc) is 3.25. The van der Waals surface area contributed by atoms with E-state index in [-0.39, 0.29) is 12.0 Å². The number of aryl methyl sites for hydroxylation is 1. The molecule has 1 saturated heterocycles. The van der Waals surface area contributed by atoms with Gasteiger partial charge in [0.15, 0.2) is 0 Å². The molecule has 5 rings (SSSR count). The lowest BCUT2D eigenvalue weighted by atomic mass is 9.69. The van der Waals surface area contributed by atoms with Gasteiger partial charge >= 0.3 is 0 Å². The Morgan fingerprint density at radius 2 is 1.93 bits per heavy atom. The summed E-state index contributed by atoms with van der Waals surface area (Å²) in [5.74, 6) is 2.20. The minimum absolute atomic E-state index is 0.0579. The molecular weight excluding hydrogens is 406 g/mol. The summed E-state index contributed by atoms with van der Waals surface area (Å²) in [6.07, 6.45) is 6.21. The van der Waals surface area contributed by atoms with E-state index in [9.17, 15) is 9.32 Å². The molecule has 0 radical (unpaired) electrons. The quantitative estimate of drug-likeness (QED) is 0.780. The number of rotatable bonds is 5. The van der Waals surface area contributed by atoms with Crippen molar-refractivity contribution in [2.75, 3.05) is 30.3 Å². The number of fused-ring (bicyclic) bond motifs is 1. The minimum Gasteiger partial charge on any atom is -0.396 e. The van der Waals surface area contributed by atoms with E-state index in [0.29, 0.717) is 11.7 Å². The van der Waals surface area contributed by atoms with Crippen LogP contribution in [0.5, 0.6) is 0 Å². The van der Waals surface area contributed by atoms with Crippen LogP contribution in [0.2, 0.25) is 5.02 Å². The number of piperidine rings is 1. The van der Waals surface area contributed by atoms with Crippen LogP contribution in [-0.2, 0) is 23.8 Å². The fraction of sp³-hybridized carbons (Fsp3) is 0.591. The van der Waals surface area contributed by atoms with Crippen molar-refractivity contribution in [1.29, 1.82) is 0 Å².